The highest BCUT2D eigenvalue weighted by Gasteiger charge is 2.23. The SMILES string of the molecule is C[C@H](Cc1ccccc1)NC(=O)NC[C@@H]1Cc2ccccc2CN1C. The standard InChI is InChI=1S/C21H27N3O/c1-16(12-17-8-4-3-5-9-17)23-21(25)22-14-20-13-18-10-6-7-11-19(18)15-24(20)2/h3-11,16,20H,12-15H2,1-2H3,(H2,22,23,25)/t16-,20+/m1/s1. The van der Waals surface area contributed by atoms with Crippen LogP contribution in [-0.2, 0) is 19.4 Å². The predicted octanol–water partition coefficient (Wildman–Crippen LogP) is 2.97. The molecule has 0 saturated heterocycles. The zero-order valence-electron chi connectivity index (χ0n) is 15.0. The summed E-state index contributed by atoms with van der Waals surface area (Å²) in [5, 5.41) is 6.07. The summed E-state index contributed by atoms with van der Waals surface area (Å²) in [6.45, 7) is 3.64. The number of amides is 2. The number of likely N-dealkylation sites (N-methyl/N-ethyl adjacent to an activating group) is 1. The van der Waals surface area contributed by atoms with Gasteiger partial charge in [-0.1, -0.05) is 54.6 Å². The lowest BCUT2D eigenvalue weighted by atomic mass is 9.94. The number of carbonyl (C=O) groups excluding carboxylic acids is 1. The van der Waals surface area contributed by atoms with E-state index in [9.17, 15) is 4.79 Å². The van der Waals surface area contributed by atoms with Crippen LogP contribution in [0.25, 0.3) is 0 Å². The van der Waals surface area contributed by atoms with Crippen molar-refractivity contribution >= 4 is 6.03 Å². The lowest BCUT2D eigenvalue weighted by molar-refractivity contribution is 0.202. The molecule has 0 bridgehead atoms. The van der Waals surface area contributed by atoms with E-state index in [1.165, 1.54) is 16.7 Å². The van der Waals surface area contributed by atoms with Gasteiger partial charge in [0.25, 0.3) is 0 Å². The van der Waals surface area contributed by atoms with Gasteiger partial charge in [0, 0.05) is 25.2 Å². The van der Waals surface area contributed by atoms with Gasteiger partial charge in [-0.2, -0.15) is 0 Å². The van der Waals surface area contributed by atoms with Gasteiger partial charge < -0.3 is 10.6 Å². The molecule has 4 nitrogen and oxygen atoms in total. The van der Waals surface area contributed by atoms with Crippen molar-refractivity contribution in [3.63, 3.8) is 0 Å². The first-order valence-corrected chi connectivity index (χ1v) is 8.97. The molecule has 3 rings (SSSR count). The Morgan fingerprint density at radius 2 is 1.80 bits per heavy atom. The second kappa shape index (κ2) is 8.17. The molecule has 25 heavy (non-hydrogen) atoms. The van der Waals surface area contributed by atoms with Crippen molar-refractivity contribution < 1.29 is 4.79 Å². The highest BCUT2D eigenvalue weighted by molar-refractivity contribution is 5.74. The van der Waals surface area contributed by atoms with Gasteiger partial charge >= 0.3 is 6.03 Å². The molecule has 0 aliphatic carbocycles. The van der Waals surface area contributed by atoms with Crippen molar-refractivity contribution in [2.75, 3.05) is 13.6 Å². The molecule has 132 valence electrons. The monoisotopic (exact) mass is 337 g/mol. The maximum absolute atomic E-state index is 12.2. The first-order chi connectivity index (χ1) is 12.1. The first-order valence-electron chi connectivity index (χ1n) is 8.97. The van der Waals surface area contributed by atoms with Gasteiger partial charge in [-0.05, 0) is 43.5 Å². The molecule has 0 saturated carbocycles. The lowest BCUT2D eigenvalue weighted by Crippen LogP contribution is -2.49. The fourth-order valence-electron chi connectivity index (χ4n) is 3.45. The van der Waals surface area contributed by atoms with Gasteiger partial charge in [0.05, 0.1) is 0 Å². The molecule has 0 spiro atoms. The van der Waals surface area contributed by atoms with Crippen LogP contribution in [0, 0.1) is 0 Å². The Hall–Kier alpha value is -2.33. The molecule has 1 aliphatic heterocycles. The smallest absolute Gasteiger partial charge is 0.315 e. The molecule has 2 aromatic rings. The largest absolute Gasteiger partial charge is 0.337 e. The third kappa shape index (κ3) is 4.83. The summed E-state index contributed by atoms with van der Waals surface area (Å²) >= 11 is 0. The molecule has 1 aliphatic rings. The van der Waals surface area contributed by atoms with E-state index in [0.717, 1.165) is 19.4 Å². The normalized spacial score (nSPS) is 18.2. The van der Waals surface area contributed by atoms with Crippen LogP contribution in [0.1, 0.15) is 23.6 Å². The summed E-state index contributed by atoms with van der Waals surface area (Å²) in [7, 11) is 2.12. The Bertz CT molecular complexity index is 701. The molecular formula is C21H27N3O. The van der Waals surface area contributed by atoms with Crippen molar-refractivity contribution in [3.8, 4) is 0 Å². The van der Waals surface area contributed by atoms with E-state index >= 15 is 0 Å². The number of hydrogen-bond acceptors (Lipinski definition) is 2. The van der Waals surface area contributed by atoms with E-state index in [4.69, 9.17) is 0 Å². The number of carbonyl (C=O) groups is 1. The van der Waals surface area contributed by atoms with Crippen LogP contribution < -0.4 is 10.6 Å². The number of hydrogen-bond donors (Lipinski definition) is 2. The molecule has 0 fully saturated rings. The number of benzene rings is 2. The van der Waals surface area contributed by atoms with Crippen LogP contribution in [0.5, 0.6) is 0 Å². The quantitative estimate of drug-likeness (QED) is 0.881. The summed E-state index contributed by atoms with van der Waals surface area (Å²) in [6.07, 6.45) is 1.82. The zero-order valence-corrected chi connectivity index (χ0v) is 15.0. The summed E-state index contributed by atoms with van der Waals surface area (Å²) in [5.74, 6) is 0. The summed E-state index contributed by atoms with van der Waals surface area (Å²) in [5.41, 5.74) is 4.02. The Labute approximate surface area is 150 Å². The summed E-state index contributed by atoms with van der Waals surface area (Å²) < 4.78 is 0. The third-order valence-corrected chi connectivity index (χ3v) is 4.88. The molecule has 2 N–H and O–H groups in total. The number of fused-ring (bicyclic) bond motifs is 1. The van der Waals surface area contributed by atoms with Gasteiger partial charge in [-0.3, -0.25) is 4.90 Å². The molecule has 0 unspecified atom stereocenters. The summed E-state index contributed by atoms with van der Waals surface area (Å²) in [4.78, 5) is 14.5. The summed E-state index contributed by atoms with van der Waals surface area (Å²) in [6, 6.07) is 19.2. The van der Waals surface area contributed by atoms with Crippen LogP contribution in [0.2, 0.25) is 0 Å². The Balaban J connectivity index is 1.46. The minimum atomic E-state index is -0.0873. The number of rotatable bonds is 5. The van der Waals surface area contributed by atoms with Crippen molar-refractivity contribution in [1.29, 1.82) is 0 Å². The Kier molecular flexibility index (Phi) is 5.71. The average molecular weight is 337 g/mol. The van der Waals surface area contributed by atoms with Gasteiger partial charge in [-0.15, -0.1) is 0 Å². The van der Waals surface area contributed by atoms with E-state index in [1.807, 2.05) is 25.1 Å². The third-order valence-electron chi connectivity index (χ3n) is 4.88. The van der Waals surface area contributed by atoms with Crippen LogP contribution in [0.15, 0.2) is 54.6 Å². The average Bonchev–Trinajstić information content (AvgIpc) is 2.60. The van der Waals surface area contributed by atoms with Gasteiger partial charge in [0.1, 0.15) is 0 Å². The highest BCUT2D eigenvalue weighted by Crippen LogP contribution is 2.21. The molecule has 2 atom stereocenters. The van der Waals surface area contributed by atoms with E-state index in [1.54, 1.807) is 0 Å². The number of urea groups is 1. The van der Waals surface area contributed by atoms with Gasteiger partial charge in [0.2, 0.25) is 0 Å². The minimum Gasteiger partial charge on any atom is -0.337 e. The van der Waals surface area contributed by atoms with Crippen molar-refractivity contribution in [3.05, 3.63) is 71.3 Å². The second-order valence-corrected chi connectivity index (χ2v) is 6.99. The van der Waals surface area contributed by atoms with Crippen LogP contribution >= 0.6 is 0 Å². The molecule has 2 amide bonds. The van der Waals surface area contributed by atoms with Crippen LogP contribution in [-0.4, -0.2) is 36.6 Å². The maximum atomic E-state index is 12.2. The predicted molar refractivity (Wildman–Crippen MR) is 102 cm³/mol. The topological polar surface area (TPSA) is 44.4 Å². The highest BCUT2D eigenvalue weighted by atomic mass is 16.2. The molecule has 0 aromatic heterocycles. The molecule has 0 radical (unpaired) electrons. The Morgan fingerprint density at radius 3 is 2.56 bits per heavy atom. The van der Waals surface area contributed by atoms with Gasteiger partial charge in [0.15, 0.2) is 0 Å². The van der Waals surface area contributed by atoms with Crippen molar-refractivity contribution in [1.82, 2.24) is 15.5 Å². The molecule has 4 heteroatoms. The minimum absolute atomic E-state index is 0.0873. The Morgan fingerprint density at radius 1 is 1.12 bits per heavy atom. The lowest BCUT2D eigenvalue weighted by Gasteiger charge is -2.34. The van der Waals surface area contributed by atoms with E-state index in [0.29, 0.717) is 12.6 Å². The van der Waals surface area contributed by atoms with Crippen LogP contribution in [0.4, 0.5) is 4.79 Å². The molecule has 2 aromatic carbocycles. The number of nitrogens with zero attached hydrogens (tertiary/aromatic N) is 1. The van der Waals surface area contributed by atoms with Gasteiger partial charge in [-0.25, -0.2) is 4.79 Å². The van der Waals surface area contributed by atoms with Crippen molar-refractivity contribution in [2.45, 2.75) is 38.4 Å². The van der Waals surface area contributed by atoms with Crippen molar-refractivity contribution in [2.24, 2.45) is 0 Å². The molecular weight excluding hydrogens is 310 g/mol. The van der Waals surface area contributed by atoms with E-state index < -0.39 is 0 Å². The fraction of sp³-hybridized carbons (Fsp3) is 0.381. The van der Waals surface area contributed by atoms with Crippen LogP contribution in [0.3, 0.4) is 0 Å². The molecule has 1 heterocycles. The van der Waals surface area contributed by atoms with E-state index in [-0.39, 0.29) is 12.1 Å². The first kappa shape index (κ1) is 17.5. The van der Waals surface area contributed by atoms with E-state index in [2.05, 4.69) is 59.0 Å². The zero-order chi connectivity index (χ0) is 17.6. The second-order valence-electron chi connectivity index (χ2n) is 6.99. The number of nitrogens with one attached hydrogen (secondary N) is 2. The fourth-order valence-corrected chi connectivity index (χ4v) is 3.45. The maximum Gasteiger partial charge on any atom is 0.315 e.